The van der Waals surface area contributed by atoms with Crippen LogP contribution in [0.1, 0.15) is 47.6 Å². The molecule has 0 saturated carbocycles. The molecule has 0 spiro atoms. The van der Waals surface area contributed by atoms with Gasteiger partial charge in [-0.05, 0) is 28.3 Å². The molecule has 2 aliphatic rings. The summed E-state index contributed by atoms with van der Waals surface area (Å²) in [5, 5.41) is 9.65. The van der Waals surface area contributed by atoms with Gasteiger partial charge >= 0.3 is 5.97 Å². The van der Waals surface area contributed by atoms with Crippen LogP contribution >= 0.6 is 0 Å². The summed E-state index contributed by atoms with van der Waals surface area (Å²) in [5.41, 5.74) is 3.52. The average Bonchev–Trinajstić information content (AvgIpc) is 2.72. The summed E-state index contributed by atoms with van der Waals surface area (Å²) < 4.78 is 0. The number of carbonyl (C=O) groups is 3. The second-order valence-electron chi connectivity index (χ2n) is 7.45. The van der Waals surface area contributed by atoms with Gasteiger partial charge in [-0.25, -0.2) is 0 Å². The van der Waals surface area contributed by atoms with Crippen LogP contribution in [0.25, 0.3) is 6.08 Å². The molecule has 6 heteroatoms. The summed E-state index contributed by atoms with van der Waals surface area (Å²) in [6.45, 7) is 1.99. The topological polar surface area (TPSA) is 77.9 Å². The minimum Gasteiger partial charge on any atom is -0.481 e. The second kappa shape index (κ2) is 7.54. The third kappa shape index (κ3) is 3.53. The third-order valence-electron chi connectivity index (χ3n) is 5.68. The van der Waals surface area contributed by atoms with E-state index >= 15 is 0 Å². The highest BCUT2D eigenvalue weighted by Crippen LogP contribution is 2.35. The molecule has 6 nitrogen and oxygen atoms in total. The van der Waals surface area contributed by atoms with Crippen molar-refractivity contribution in [1.82, 2.24) is 9.80 Å². The number of amides is 2. The molecule has 2 amide bonds. The molecule has 4 rings (SSSR count). The molecule has 148 valence electrons. The van der Waals surface area contributed by atoms with Gasteiger partial charge in [-0.2, -0.15) is 0 Å². The normalized spacial score (nSPS) is 20.0. The van der Waals surface area contributed by atoms with E-state index in [4.69, 9.17) is 0 Å². The van der Waals surface area contributed by atoms with Crippen LogP contribution in [-0.4, -0.2) is 39.2 Å². The van der Waals surface area contributed by atoms with Crippen molar-refractivity contribution in [2.45, 2.75) is 31.8 Å². The van der Waals surface area contributed by atoms with Gasteiger partial charge in [0, 0.05) is 26.2 Å². The highest BCUT2D eigenvalue weighted by molar-refractivity contribution is 5.84. The molecule has 29 heavy (non-hydrogen) atoms. The van der Waals surface area contributed by atoms with Crippen molar-refractivity contribution < 1.29 is 19.5 Å². The molecule has 2 aromatic rings. The Labute approximate surface area is 169 Å². The Bertz CT molecular complexity index is 1010. The van der Waals surface area contributed by atoms with Crippen LogP contribution in [0.15, 0.2) is 54.7 Å². The zero-order chi connectivity index (χ0) is 20.5. The maximum Gasteiger partial charge on any atom is 0.312 e. The van der Waals surface area contributed by atoms with Gasteiger partial charge in [0.05, 0.1) is 18.4 Å². The number of rotatable bonds is 3. The molecule has 1 N–H and O–H groups in total. The summed E-state index contributed by atoms with van der Waals surface area (Å²) >= 11 is 0. The first-order chi connectivity index (χ1) is 14.0. The van der Waals surface area contributed by atoms with Crippen molar-refractivity contribution in [3.8, 4) is 0 Å². The summed E-state index contributed by atoms with van der Waals surface area (Å²) in [4.78, 5) is 40.3. The van der Waals surface area contributed by atoms with Crippen LogP contribution in [0.3, 0.4) is 0 Å². The maximum atomic E-state index is 13.2. The quantitative estimate of drug-likeness (QED) is 0.873. The summed E-state index contributed by atoms with van der Waals surface area (Å²) in [7, 11) is 0. The van der Waals surface area contributed by atoms with Crippen LogP contribution in [-0.2, 0) is 20.9 Å². The van der Waals surface area contributed by atoms with Crippen LogP contribution in [0.2, 0.25) is 0 Å². The molecule has 2 aromatic carbocycles. The third-order valence-corrected chi connectivity index (χ3v) is 5.68. The van der Waals surface area contributed by atoms with E-state index in [1.165, 1.54) is 6.92 Å². The molecule has 0 saturated heterocycles. The predicted molar refractivity (Wildman–Crippen MR) is 108 cm³/mol. The lowest BCUT2D eigenvalue weighted by molar-refractivity contribution is -0.141. The first-order valence-corrected chi connectivity index (χ1v) is 9.60. The van der Waals surface area contributed by atoms with Gasteiger partial charge in [-0.1, -0.05) is 48.5 Å². The van der Waals surface area contributed by atoms with E-state index in [0.717, 1.165) is 22.3 Å². The SMILES string of the molecule is CC(=O)N1C=Cc2ccccc2C1CC(=O)N1Cc2ccccc2C(C(=O)O)C1. The first kappa shape index (κ1) is 18.9. The van der Waals surface area contributed by atoms with E-state index in [9.17, 15) is 19.5 Å². The van der Waals surface area contributed by atoms with Gasteiger partial charge in [0.15, 0.2) is 0 Å². The summed E-state index contributed by atoms with van der Waals surface area (Å²) in [6, 6.07) is 14.7. The average molecular weight is 390 g/mol. The predicted octanol–water partition coefficient (Wildman–Crippen LogP) is 3.16. The number of aliphatic carboxylic acids is 1. The van der Waals surface area contributed by atoms with Crippen LogP contribution in [0, 0.1) is 0 Å². The highest BCUT2D eigenvalue weighted by atomic mass is 16.4. The molecule has 0 radical (unpaired) electrons. The number of benzene rings is 2. The highest BCUT2D eigenvalue weighted by Gasteiger charge is 2.35. The molecule has 2 unspecified atom stereocenters. The molecule has 0 bridgehead atoms. The largest absolute Gasteiger partial charge is 0.481 e. The maximum absolute atomic E-state index is 13.2. The molecular weight excluding hydrogens is 368 g/mol. The van der Waals surface area contributed by atoms with Crippen LogP contribution < -0.4 is 0 Å². The lowest BCUT2D eigenvalue weighted by Gasteiger charge is -2.36. The Hall–Kier alpha value is -3.41. The van der Waals surface area contributed by atoms with Crippen LogP contribution in [0.4, 0.5) is 0 Å². The van der Waals surface area contributed by atoms with E-state index in [2.05, 4.69) is 0 Å². The van der Waals surface area contributed by atoms with Gasteiger partial charge in [-0.15, -0.1) is 0 Å². The molecule has 2 atom stereocenters. The number of carboxylic acids is 1. The van der Waals surface area contributed by atoms with Gasteiger partial charge in [-0.3, -0.25) is 14.4 Å². The van der Waals surface area contributed by atoms with Crippen molar-refractivity contribution in [2.75, 3.05) is 6.54 Å². The van der Waals surface area contributed by atoms with Crippen LogP contribution in [0.5, 0.6) is 0 Å². The van der Waals surface area contributed by atoms with E-state index in [1.54, 1.807) is 16.0 Å². The Kier molecular flexibility index (Phi) is 4.92. The fourth-order valence-corrected chi connectivity index (χ4v) is 4.22. The Morgan fingerprint density at radius 1 is 1.03 bits per heavy atom. The van der Waals surface area contributed by atoms with E-state index in [0.29, 0.717) is 6.54 Å². The van der Waals surface area contributed by atoms with Gasteiger partial charge in [0.25, 0.3) is 0 Å². The molecule has 2 heterocycles. The van der Waals surface area contributed by atoms with Crippen molar-refractivity contribution in [2.24, 2.45) is 0 Å². The standard InChI is InChI=1S/C23H22N2O4/c1-15(26)25-11-10-16-6-2-5-9-19(16)21(25)12-22(27)24-13-17-7-3-4-8-18(17)20(14-24)23(28)29/h2-11,20-21H,12-14H2,1H3,(H,28,29). The zero-order valence-corrected chi connectivity index (χ0v) is 16.1. The lowest BCUT2D eigenvalue weighted by atomic mass is 9.89. The number of carbonyl (C=O) groups excluding carboxylic acids is 2. The minimum absolute atomic E-state index is 0.107. The Morgan fingerprint density at radius 2 is 1.72 bits per heavy atom. The molecule has 0 aliphatic carbocycles. The van der Waals surface area contributed by atoms with Gasteiger partial charge < -0.3 is 14.9 Å². The summed E-state index contributed by atoms with van der Waals surface area (Å²) in [5.74, 6) is -1.98. The van der Waals surface area contributed by atoms with E-state index in [1.807, 2.05) is 54.6 Å². The number of nitrogens with zero attached hydrogens (tertiary/aromatic N) is 2. The number of fused-ring (bicyclic) bond motifs is 2. The molecule has 0 fully saturated rings. The Morgan fingerprint density at radius 3 is 2.45 bits per heavy atom. The molecular formula is C23H22N2O4. The van der Waals surface area contributed by atoms with Gasteiger partial charge in [0.2, 0.25) is 11.8 Å². The first-order valence-electron chi connectivity index (χ1n) is 9.60. The van der Waals surface area contributed by atoms with Gasteiger partial charge in [0.1, 0.15) is 0 Å². The van der Waals surface area contributed by atoms with E-state index in [-0.39, 0.29) is 24.8 Å². The summed E-state index contributed by atoms with van der Waals surface area (Å²) in [6.07, 6.45) is 3.69. The minimum atomic E-state index is -0.939. The number of carboxylic acid groups (broad SMARTS) is 1. The monoisotopic (exact) mass is 390 g/mol. The smallest absolute Gasteiger partial charge is 0.312 e. The van der Waals surface area contributed by atoms with E-state index < -0.39 is 17.9 Å². The number of hydrogen-bond acceptors (Lipinski definition) is 3. The Balaban J connectivity index is 1.61. The fourth-order valence-electron chi connectivity index (χ4n) is 4.22. The second-order valence-corrected chi connectivity index (χ2v) is 7.45. The van der Waals surface area contributed by atoms with Crippen molar-refractivity contribution in [1.29, 1.82) is 0 Å². The number of hydrogen-bond donors (Lipinski definition) is 1. The molecule has 2 aliphatic heterocycles. The van der Waals surface area contributed by atoms with Crippen molar-refractivity contribution in [3.63, 3.8) is 0 Å². The lowest BCUT2D eigenvalue weighted by Crippen LogP contribution is -2.42. The van der Waals surface area contributed by atoms with Crippen molar-refractivity contribution in [3.05, 3.63) is 77.0 Å². The fraction of sp³-hybridized carbons (Fsp3) is 0.261. The van der Waals surface area contributed by atoms with Crippen molar-refractivity contribution >= 4 is 23.9 Å². The molecule has 0 aromatic heterocycles. The zero-order valence-electron chi connectivity index (χ0n) is 16.1.